The predicted molar refractivity (Wildman–Crippen MR) is 113 cm³/mol. The molecule has 1 fully saturated rings. The van der Waals surface area contributed by atoms with E-state index < -0.39 is 16.7 Å². The minimum Gasteiger partial charge on any atom is -0.604 e. The second-order valence-electron chi connectivity index (χ2n) is 7.43. The maximum atomic E-state index is 13.1. The van der Waals surface area contributed by atoms with Crippen LogP contribution in [-0.2, 0) is 11.2 Å². The highest BCUT2D eigenvalue weighted by Crippen LogP contribution is 2.41. The fourth-order valence-corrected chi connectivity index (χ4v) is 4.84. The van der Waals surface area contributed by atoms with Crippen LogP contribution in [0.5, 0.6) is 0 Å². The van der Waals surface area contributed by atoms with E-state index in [-0.39, 0.29) is 11.5 Å². The third-order valence-corrected chi connectivity index (χ3v) is 6.72. The van der Waals surface area contributed by atoms with Gasteiger partial charge in [-0.1, -0.05) is 42.0 Å². The van der Waals surface area contributed by atoms with Gasteiger partial charge in [-0.3, -0.25) is 0 Å². The van der Waals surface area contributed by atoms with Crippen molar-refractivity contribution >= 4 is 28.9 Å². The van der Waals surface area contributed by atoms with Crippen LogP contribution in [0.25, 0.3) is 17.7 Å². The van der Waals surface area contributed by atoms with Crippen LogP contribution in [-0.4, -0.2) is 46.3 Å². The second kappa shape index (κ2) is 8.59. The Bertz CT molecular complexity index is 990. The number of fused-ring (bicyclic) bond motifs is 2. The quantitative estimate of drug-likeness (QED) is 0.610. The summed E-state index contributed by atoms with van der Waals surface area (Å²) in [6, 6.07) is 12.2. The SMILES string of the molecule is [O-][S+](c1ccc2c(c1)C(=C1CCN(CCO)CC1)c1ccccc1C=C2)C(F)(F)F. The number of nitrogens with zero attached hydrogens (tertiary/aromatic N) is 1. The fraction of sp³-hybridized carbons (Fsp3) is 0.304. The Morgan fingerprint density at radius 3 is 2.30 bits per heavy atom. The van der Waals surface area contributed by atoms with Crippen LogP contribution in [0.3, 0.4) is 0 Å². The molecule has 1 unspecified atom stereocenters. The third-order valence-electron chi connectivity index (χ3n) is 5.62. The number of piperidine rings is 1. The van der Waals surface area contributed by atoms with E-state index in [0.29, 0.717) is 12.1 Å². The summed E-state index contributed by atoms with van der Waals surface area (Å²) in [5.74, 6) is 0. The first-order chi connectivity index (χ1) is 14.4. The van der Waals surface area contributed by atoms with Crippen molar-refractivity contribution in [1.29, 1.82) is 0 Å². The summed E-state index contributed by atoms with van der Waals surface area (Å²) in [5, 5.41) is 9.20. The van der Waals surface area contributed by atoms with Crippen LogP contribution in [0.15, 0.2) is 52.9 Å². The van der Waals surface area contributed by atoms with Crippen LogP contribution in [0.1, 0.15) is 35.1 Å². The molecule has 1 atom stereocenters. The topological polar surface area (TPSA) is 46.5 Å². The molecule has 1 aliphatic carbocycles. The van der Waals surface area contributed by atoms with Gasteiger partial charge in [0.1, 0.15) is 0 Å². The molecule has 2 aromatic carbocycles. The molecule has 0 bridgehead atoms. The highest BCUT2D eigenvalue weighted by molar-refractivity contribution is 7.92. The Hall–Kier alpha value is -2.06. The molecule has 0 aromatic heterocycles. The molecule has 0 spiro atoms. The number of aliphatic hydroxyl groups is 1. The van der Waals surface area contributed by atoms with Gasteiger partial charge in [0, 0.05) is 25.7 Å². The van der Waals surface area contributed by atoms with E-state index in [1.54, 1.807) is 6.07 Å². The number of hydrogen-bond donors (Lipinski definition) is 1. The number of rotatable bonds is 3. The molecule has 0 saturated carbocycles. The summed E-state index contributed by atoms with van der Waals surface area (Å²) in [4.78, 5) is 1.95. The van der Waals surface area contributed by atoms with Crippen LogP contribution in [0.2, 0.25) is 0 Å². The fourth-order valence-electron chi connectivity index (χ4n) is 4.16. The number of aliphatic hydroxyl groups excluding tert-OH is 1. The van der Waals surface area contributed by atoms with Crippen LogP contribution >= 0.6 is 0 Å². The van der Waals surface area contributed by atoms with Gasteiger partial charge in [0.25, 0.3) is 0 Å². The molecule has 1 saturated heterocycles. The zero-order valence-corrected chi connectivity index (χ0v) is 17.1. The standard InChI is InChI=1S/C23H22F3NO2S/c24-23(25,26)30(29)19-8-7-17-6-5-16-3-1-2-4-20(16)22(21(17)15-19)18-9-11-27(12-10-18)13-14-28/h1-8,15,28H,9-14H2. The number of hydrogen-bond acceptors (Lipinski definition) is 3. The third kappa shape index (κ3) is 4.21. The molecule has 158 valence electrons. The van der Waals surface area contributed by atoms with E-state index in [9.17, 15) is 22.8 Å². The molecular formula is C23H22F3NO2S. The van der Waals surface area contributed by atoms with E-state index >= 15 is 0 Å². The summed E-state index contributed by atoms with van der Waals surface area (Å²) < 4.78 is 51.3. The highest BCUT2D eigenvalue weighted by atomic mass is 32.2. The molecule has 30 heavy (non-hydrogen) atoms. The highest BCUT2D eigenvalue weighted by Gasteiger charge is 2.46. The minimum atomic E-state index is -4.80. The average Bonchev–Trinajstić information content (AvgIpc) is 2.90. The van der Waals surface area contributed by atoms with Gasteiger partial charge in [-0.2, -0.15) is 0 Å². The monoisotopic (exact) mass is 433 g/mol. The number of alkyl halides is 3. The molecule has 2 aliphatic rings. The normalized spacial score (nSPS) is 18.0. The molecule has 0 amide bonds. The minimum absolute atomic E-state index is 0.105. The van der Waals surface area contributed by atoms with Crippen molar-refractivity contribution in [2.45, 2.75) is 23.2 Å². The maximum absolute atomic E-state index is 13.1. The zero-order valence-electron chi connectivity index (χ0n) is 16.3. The van der Waals surface area contributed by atoms with Crippen molar-refractivity contribution < 1.29 is 22.8 Å². The van der Waals surface area contributed by atoms with Crippen molar-refractivity contribution in [2.24, 2.45) is 0 Å². The largest absolute Gasteiger partial charge is 0.604 e. The Balaban J connectivity index is 1.85. The summed E-state index contributed by atoms with van der Waals surface area (Å²) in [7, 11) is 0. The van der Waals surface area contributed by atoms with E-state index in [2.05, 4.69) is 4.90 Å². The number of β-amino-alcohol motifs (C(OH)–C–C–N with tert-alkyl or cyclic N) is 1. The van der Waals surface area contributed by atoms with E-state index in [1.807, 2.05) is 36.4 Å². The smallest absolute Gasteiger partial charge is 0.578 e. The van der Waals surface area contributed by atoms with Gasteiger partial charge in [0.15, 0.2) is 4.90 Å². The van der Waals surface area contributed by atoms with E-state index in [0.717, 1.165) is 48.2 Å². The lowest BCUT2D eigenvalue weighted by molar-refractivity contribution is -0.0435. The zero-order chi connectivity index (χ0) is 21.3. The molecule has 1 heterocycles. The van der Waals surface area contributed by atoms with Crippen molar-refractivity contribution in [3.63, 3.8) is 0 Å². The van der Waals surface area contributed by atoms with Gasteiger partial charge >= 0.3 is 5.51 Å². The van der Waals surface area contributed by atoms with Gasteiger partial charge in [0.05, 0.1) is 17.8 Å². The van der Waals surface area contributed by atoms with E-state index in [4.69, 9.17) is 0 Å². The van der Waals surface area contributed by atoms with Gasteiger partial charge in [-0.15, -0.1) is 13.2 Å². The van der Waals surface area contributed by atoms with Crippen molar-refractivity contribution in [3.8, 4) is 0 Å². The maximum Gasteiger partial charge on any atom is 0.578 e. The van der Waals surface area contributed by atoms with Crippen molar-refractivity contribution in [2.75, 3.05) is 26.2 Å². The first-order valence-corrected chi connectivity index (χ1v) is 11.0. The average molecular weight is 433 g/mol. The lowest BCUT2D eigenvalue weighted by Crippen LogP contribution is -2.33. The van der Waals surface area contributed by atoms with Crippen molar-refractivity contribution in [3.05, 3.63) is 70.3 Å². The summed E-state index contributed by atoms with van der Waals surface area (Å²) >= 11 is -3.07. The molecule has 0 radical (unpaired) electrons. The summed E-state index contributed by atoms with van der Waals surface area (Å²) in [6.45, 7) is 2.30. The Morgan fingerprint density at radius 1 is 0.967 bits per heavy atom. The molecular weight excluding hydrogens is 411 g/mol. The number of benzene rings is 2. The van der Waals surface area contributed by atoms with Gasteiger partial charge < -0.3 is 14.6 Å². The molecule has 1 aliphatic heterocycles. The Kier molecular flexibility index (Phi) is 6.06. The van der Waals surface area contributed by atoms with Crippen LogP contribution in [0.4, 0.5) is 13.2 Å². The molecule has 2 aromatic rings. The van der Waals surface area contributed by atoms with Gasteiger partial charge in [-0.05, 0) is 52.8 Å². The molecule has 4 rings (SSSR count). The summed E-state index contributed by atoms with van der Waals surface area (Å²) in [5.41, 5.74) is 0.814. The van der Waals surface area contributed by atoms with Gasteiger partial charge in [-0.25, -0.2) is 0 Å². The van der Waals surface area contributed by atoms with Crippen molar-refractivity contribution in [1.82, 2.24) is 4.90 Å². The molecule has 7 heteroatoms. The lowest BCUT2D eigenvalue weighted by atomic mass is 9.86. The Morgan fingerprint density at radius 2 is 1.63 bits per heavy atom. The first kappa shape index (κ1) is 21.2. The number of halogens is 3. The molecule has 3 nitrogen and oxygen atoms in total. The number of likely N-dealkylation sites (tertiary alicyclic amines) is 1. The van der Waals surface area contributed by atoms with Crippen LogP contribution in [0, 0.1) is 0 Å². The summed E-state index contributed by atoms with van der Waals surface area (Å²) in [6.07, 6.45) is 5.43. The molecule has 1 N–H and O–H groups in total. The Labute approximate surface area is 176 Å². The van der Waals surface area contributed by atoms with E-state index in [1.165, 1.54) is 17.7 Å². The predicted octanol–water partition coefficient (Wildman–Crippen LogP) is 4.69. The van der Waals surface area contributed by atoms with Crippen LogP contribution < -0.4 is 0 Å². The first-order valence-electron chi connectivity index (χ1n) is 9.84. The van der Waals surface area contributed by atoms with Gasteiger partial charge in [0.2, 0.25) is 0 Å². The lowest BCUT2D eigenvalue weighted by Gasteiger charge is -2.30. The second-order valence-corrected chi connectivity index (χ2v) is 8.90.